The van der Waals surface area contributed by atoms with Gasteiger partial charge in [0.2, 0.25) is 0 Å². The Bertz CT molecular complexity index is 693. The van der Waals surface area contributed by atoms with E-state index >= 15 is 0 Å². The van der Waals surface area contributed by atoms with Crippen LogP contribution < -0.4 is 15.4 Å². The van der Waals surface area contributed by atoms with Crippen molar-refractivity contribution < 1.29 is 9.53 Å². The van der Waals surface area contributed by atoms with Crippen LogP contribution in [0, 0.1) is 6.92 Å². The van der Waals surface area contributed by atoms with Crippen molar-refractivity contribution in [3.63, 3.8) is 0 Å². The number of ether oxygens (including phenoxy) is 1. The highest BCUT2D eigenvalue weighted by atomic mass is 16.5. The van der Waals surface area contributed by atoms with Crippen LogP contribution in [0.1, 0.15) is 18.3 Å². The van der Waals surface area contributed by atoms with Crippen LogP contribution >= 0.6 is 0 Å². The monoisotopic (exact) mass is 286 g/mol. The summed E-state index contributed by atoms with van der Waals surface area (Å²) in [7, 11) is 0. The van der Waals surface area contributed by atoms with Gasteiger partial charge in [-0.25, -0.2) is 0 Å². The number of nitrogens with zero attached hydrogens (tertiary/aromatic N) is 3. The van der Waals surface area contributed by atoms with Gasteiger partial charge >= 0.3 is 0 Å². The molecule has 2 aromatic rings. The van der Waals surface area contributed by atoms with Gasteiger partial charge in [-0.2, -0.15) is 5.10 Å². The van der Waals surface area contributed by atoms with E-state index in [-0.39, 0.29) is 12.5 Å². The first-order chi connectivity index (χ1) is 10.1. The zero-order valence-corrected chi connectivity index (χ0v) is 12.2. The first-order valence-electron chi connectivity index (χ1n) is 6.94. The number of hydrogen-bond acceptors (Lipinski definition) is 4. The van der Waals surface area contributed by atoms with Crippen molar-refractivity contribution in [1.82, 2.24) is 9.78 Å². The molecule has 3 rings (SSSR count). The molecule has 2 N–H and O–H groups in total. The van der Waals surface area contributed by atoms with Crippen molar-refractivity contribution in [2.24, 2.45) is 0 Å². The van der Waals surface area contributed by atoms with Gasteiger partial charge in [-0.05, 0) is 38.1 Å². The lowest BCUT2D eigenvalue weighted by Gasteiger charge is -2.29. The molecule has 0 saturated carbocycles. The molecule has 21 heavy (non-hydrogen) atoms. The van der Waals surface area contributed by atoms with E-state index in [1.807, 2.05) is 24.6 Å². The van der Waals surface area contributed by atoms with Gasteiger partial charge in [0.15, 0.2) is 6.61 Å². The van der Waals surface area contributed by atoms with E-state index in [9.17, 15) is 4.79 Å². The Balaban J connectivity index is 1.98. The number of carbonyl (C=O) groups is 1. The summed E-state index contributed by atoms with van der Waals surface area (Å²) in [6, 6.07) is 7.34. The number of nitrogen functional groups attached to an aromatic ring is 1. The molecular formula is C15H18N4O2. The van der Waals surface area contributed by atoms with Crippen LogP contribution in [0.15, 0.2) is 24.3 Å². The highest BCUT2D eigenvalue weighted by Crippen LogP contribution is 2.34. The van der Waals surface area contributed by atoms with Gasteiger partial charge in [0.05, 0.1) is 23.6 Å². The third-order valence-corrected chi connectivity index (χ3v) is 3.53. The smallest absolute Gasteiger partial charge is 0.265 e. The van der Waals surface area contributed by atoms with Crippen LogP contribution in [0.5, 0.6) is 5.75 Å². The first-order valence-corrected chi connectivity index (χ1v) is 6.94. The van der Waals surface area contributed by atoms with Crippen LogP contribution in [-0.2, 0) is 17.9 Å². The zero-order valence-electron chi connectivity index (χ0n) is 12.2. The summed E-state index contributed by atoms with van der Waals surface area (Å²) < 4.78 is 7.36. The molecule has 0 bridgehead atoms. The van der Waals surface area contributed by atoms with Crippen molar-refractivity contribution in [3.8, 4) is 5.75 Å². The van der Waals surface area contributed by atoms with Gasteiger partial charge in [0.1, 0.15) is 5.75 Å². The molecule has 0 radical (unpaired) electrons. The van der Waals surface area contributed by atoms with Gasteiger partial charge in [-0.15, -0.1) is 0 Å². The second-order valence-corrected chi connectivity index (χ2v) is 5.09. The Hall–Kier alpha value is -2.50. The largest absolute Gasteiger partial charge is 0.482 e. The number of aryl methyl sites for hydroxylation is 2. The average Bonchev–Trinajstić information content (AvgIpc) is 2.82. The number of amides is 1. The van der Waals surface area contributed by atoms with Crippen LogP contribution in [0.2, 0.25) is 0 Å². The van der Waals surface area contributed by atoms with Crippen molar-refractivity contribution in [2.45, 2.75) is 26.9 Å². The molecule has 0 aliphatic carbocycles. The number of hydrogen-bond donors (Lipinski definition) is 1. The van der Waals surface area contributed by atoms with Crippen LogP contribution in [-0.4, -0.2) is 22.3 Å². The number of rotatable bonds is 3. The van der Waals surface area contributed by atoms with E-state index in [0.29, 0.717) is 23.7 Å². The van der Waals surface area contributed by atoms with E-state index in [4.69, 9.17) is 10.5 Å². The van der Waals surface area contributed by atoms with Crippen LogP contribution in [0.4, 0.5) is 11.4 Å². The molecule has 6 nitrogen and oxygen atoms in total. The molecule has 0 fully saturated rings. The second-order valence-electron chi connectivity index (χ2n) is 5.09. The van der Waals surface area contributed by atoms with Gasteiger partial charge in [-0.1, -0.05) is 0 Å². The van der Waals surface area contributed by atoms with E-state index in [2.05, 4.69) is 5.10 Å². The number of fused-ring (bicyclic) bond motifs is 1. The summed E-state index contributed by atoms with van der Waals surface area (Å²) in [5.41, 5.74) is 9.10. The third kappa shape index (κ3) is 2.44. The van der Waals surface area contributed by atoms with Crippen LogP contribution in [0.25, 0.3) is 0 Å². The number of aromatic nitrogens is 2. The molecule has 2 heterocycles. The van der Waals surface area contributed by atoms with Crippen LogP contribution in [0.3, 0.4) is 0 Å². The fraction of sp³-hybridized carbons (Fsp3) is 0.333. The minimum Gasteiger partial charge on any atom is -0.482 e. The SMILES string of the molecule is CCn1nc(C)cc1CN1C(=O)COc2ccc(N)cc21. The quantitative estimate of drug-likeness (QED) is 0.872. The van der Waals surface area contributed by atoms with Crippen molar-refractivity contribution in [3.05, 3.63) is 35.7 Å². The maximum atomic E-state index is 12.2. The summed E-state index contributed by atoms with van der Waals surface area (Å²) in [6.45, 7) is 5.26. The predicted octanol–water partition coefficient (Wildman–Crippen LogP) is 1.72. The summed E-state index contributed by atoms with van der Waals surface area (Å²) in [5.74, 6) is 0.609. The Morgan fingerprint density at radius 1 is 1.38 bits per heavy atom. The maximum absolute atomic E-state index is 12.2. The molecule has 0 unspecified atom stereocenters. The highest BCUT2D eigenvalue weighted by molar-refractivity contribution is 5.98. The van der Waals surface area contributed by atoms with Gasteiger partial charge in [0, 0.05) is 12.2 Å². The fourth-order valence-electron chi connectivity index (χ4n) is 2.55. The number of nitrogens with two attached hydrogens (primary N) is 1. The molecule has 6 heteroatoms. The number of anilines is 2. The van der Waals surface area contributed by atoms with E-state index in [1.165, 1.54) is 0 Å². The van der Waals surface area contributed by atoms with Gasteiger partial charge in [-0.3, -0.25) is 14.4 Å². The third-order valence-electron chi connectivity index (χ3n) is 3.53. The summed E-state index contributed by atoms with van der Waals surface area (Å²) in [4.78, 5) is 13.9. The Morgan fingerprint density at radius 2 is 2.19 bits per heavy atom. The molecule has 110 valence electrons. The molecule has 1 amide bonds. The molecular weight excluding hydrogens is 268 g/mol. The lowest BCUT2D eigenvalue weighted by atomic mass is 10.2. The molecule has 0 atom stereocenters. The molecule has 0 saturated heterocycles. The Kier molecular flexibility index (Phi) is 3.29. The molecule has 1 aliphatic rings. The highest BCUT2D eigenvalue weighted by Gasteiger charge is 2.26. The molecule has 1 aromatic heterocycles. The minimum absolute atomic E-state index is 0.0517. The normalized spacial score (nSPS) is 14.0. The van der Waals surface area contributed by atoms with E-state index < -0.39 is 0 Å². The lowest BCUT2D eigenvalue weighted by Crippen LogP contribution is -2.38. The van der Waals surface area contributed by atoms with Gasteiger partial charge in [0.25, 0.3) is 5.91 Å². The predicted molar refractivity (Wildman–Crippen MR) is 80.2 cm³/mol. The number of carbonyl (C=O) groups excluding carboxylic acids is 1. The topological polar surface area (TPSA) is 73.4 Å². The van der Waals surface area contributed by atoms with Crippen molar-refractivity contribution >= 4 is 17.3 Å². The zero-order chi connectivity index (χ0) is 15.0. The molecule has 1 aliphatic heterocycles. The lowest BCUT2D eigenvalue weighted by molar-refractivity contribution is -0.121. The van der Waals surface area contributed by atoms with Crippen molar-refractivity contribution in [2.75, 3.05) is 17.2 Å². The Labute approximate surface area is 123 Å². The average molecular weight is 286 g/mol. The van der Waals surface area contributed by atoms with Crippen molar-refractivity contribution in [1.29, 1.82) is 0 Å². The van der Waals surface area contributed by atoms with E-state index in [1.54, 1.807) is 23.1 Å². The summed E-state index contributed by atoms with van der Waals surface area (Å²) in [6.07, 6.45) is 0. The van der Waals surface area contributed by atoms with Gasteiger partial charge < -0.3 is 10.5 Å². The fourth-order valence-corrected chi connectivity index (χ4v) is 2.55. The maximum Gasteiger partial charge on any atom is 0.265 e. The summed E-state index contributed by atoms with van der Waals surface area (Å²) >= 11 is 0. The minimum atomic E-state index is -0.0744. The Morgan fingerprint density at radius 3 is 2.95 bits per heavy atom. The first kappa shape index (κ1) is 13.5. The number of benzene rings is 1. The molecule has 1 aromatic carbocycles. The summed E-state index contributed by atoms with van der Waals surface area (Å²) in [5, 5.41) is 4.42. The molecule has 0 spiro atoms. The standard InChI is InChI=1S/C15H18N4O2/c1-3-19-12(6-10(2)17-19)8-18-13-7-11(16)4-5-14(13)21-9-15(18)20/h4-7H,3,8-9,16H2,1-2H3. The second kappa shape index (κ2) is 5.12. The van der Waals surface area contributed by atoms with E-state index in [0.717, 1.165) is 17.9 Å².